The summed E-state index contributed by atoms with van der Waals surface area (Å²) in [5.41, 5.74) is 6.51. The first-order valence-electron chi connectivity index (χ1n) is 5.55. The molecule has 1 aromatic rings. The molecule has 2 N–H and O–H groups in total. The van der Waals surface area contributed by atoms with Crippen molar-refractivity contribution in [2.24, 2.45) is 11.7 Å². The molecule has 0 bridgehead atoms. The van der Waals surface area contributed by atoms with Crippen LogP contribution >= 0.6 is 0 Å². The van der Waals surface area contributed by atoms with Crippen LogP contribution in [0.3, 0.4) is 0 Å². The van der Waals surface area contributed by atoms with Gasteiger partial charge in [0.25, 0.3) is 5.91 Å². The Balaban J connectivity index is 2.41. The second-order valence-corrected chi connectivity index (χ2v) is 4.44. The third-order valence-corrected chi connectivity index (χ3v) is 2.77. The van der Waals surface area contributed by atoms with Crippen LogP contribution in [0.2, 0.25) is 0 Å². The van der Waals surface area contributed by atoms with E-state index in [4.69, 9.17) is 10.2 Å². The van der Waals surface area contributed by atoms with Crippen molar-refractivity contribution >= 4 is 5.91 Å². The highest BCUT2D eigenvalue weighted by atomic mass is 16.3. The monoisotopic (exact) mass is 224 g/mol. The molecule has 1 heterocycles. The fourth-order valence-corrected chi connectivity index (χ4v) is 1.38. The molecule has 0 aliphatic carbocycles. The lowest BCUT2D eigenvalue weighted by atomic mass is 10.0. The van der Waals surface area contributed by atoms with E-state index < -0.39 is 0 Å². The van der Waals surface area contributed by atoms with E-state index in [1.165, 1.54) is 12.5 Å². The van der Waals surface area contributed by atoms with E-state index in [1.54, 1.807) is 18.0 Å². The maximum atomic E-state index is 11.8. The van der Waals surface area contributed by atoms with Crippen LogP contribution < -0.4 is 5.73 Å². The van der Waals surface area contributed by atoms with E-state index in [0.29, 0.717) is 18.0 Å². The largest absolute Gasteiger partial charge is 0.472 e. The Bertz CT molecular complexity index is 320. The maximum Gasteiger partial charge on any atom is 0.256 e. The van der Waals surface area contributed by atoms with Gasteiger partial charge in [0.2, 0.25) is 0 Å². The van der Waals surface area contributed by atoms with Gasteiger partial charge in [-0.05, 0) is 18.4 Å². The highest BCUT2D eigenvalue weighted by Gasteiger charge is 2.14. The summed E-state index contributed by atoms with van der Waals surface area (Å²) in [6, 6.07) is 1.81. The normalized spacial score (nSPS) is 12.8. The SMILES string of the molecule is CC(C)[C@@H](N)CCN(C)C(=O)c1ccoc1. The van der Waals surface area contributed by atoms with Crippen LogP contribution in [0.5, 0.6) is 0 Å². The predicted molar refractivity (Wildman–Crippen MR) is 63.1 cm³/mol. The van der Waals surface area contributed by atoms with Crippen LogP contribution in [-0.2, 0) is 0 Å². The van der Waals surface area contributed by atoms with Crippen molar-refractivity contribution in [3.05, 3.63) is 24.2 Å². The van der Waals surface area contributed by atoms with Gasteiger partial charge in [-0.3, -0.25) is 4.79 Å². The van der Waals surface area contributed by atoms with E-state index in [1.807, 2.05) is 0 Å². The van der Waals surface area contributed by atoms with Crippen LogP contribution in [0, 0.1) is 5.92 Å². The quantitative estimate of drug-likeness (QED) is 0.828. The summed E-state index contributed by atoms with van der Waals surface area (Å²) in [6.07, 6.45) is 3.78. The van der Waals surface area contributed by atoms with Crippen LogP contribution in [0.25, 0.3) is 0 Å². The fourth-order valence-electron chi connectivity index (χ4n) is 1.38. The number of amides is 1. The lowest BCUT2D eigenvalue weighted by Crippen LogP contribution is -2.34. The number of rotatable bonds is 5. The van der Waals surface area contributed by atoms with Crippen LogP contribution in [0.15, 0.2) is 23.0 Å². The van der Waals surface area contributed by atoms with Crippen LogP contribution in [0.4, 0.5) is 0 Å². The fraction of sp³-hybridized carbons (Fsp3) is 0.583. The Morgan fingerprint density at radius 2 is 2.25 bits per heavy atom. The first kappa shape index (κ1) is 12.8. The Hall–Kier alpha value is -1.29. The average molecular weight is 224 g/mol. The van der Waals surface area contributed by atoms with Crippen molar-refractivity contribution in [1.29, 1.82) is 0 Å². The molecule has 0 fully saturated rings. The van der Waals surface area contributed by atoms with Crippen molar-refractivity contribution in [3.8, 4) is 0 Å². The molecular formula is C12H20N2O2. The first-order chi connectivity index (χ1) is 7.52. The average Bonchev–Trinajstić information content (AvgIpc) is 2.77. The van der Waals surface area contributed by atoms with Gasteiger partial charge >= 0.3 is 0 Å². The van der Waals surface area contributed by atoms with Crippen molar-refractivity contribution < 1.29 is 9.21 Å². The summed E-state index contributed by atoms with van der Waals surface area (Å²) in [4.78, 5) is 13.5. The van der Waals surface area contributed by atoms with E-state index in [0.717, 1.165) is 6.42 Å². The molecule has 90 valence electrons. The van der Waals surface area contributed by atoms with Crippen molar-refractivity contribution in [3.63, 3.8) is 0 Å². The van der Waals surface area contributed by atoms with E-state index >= 15 is 0 Å². The molecule has 16 heavy (non-hydrogen) atoms. The van der Waals surface area contributed by atoms with Gasteiger partial charge in [0.05, 0.1) is 11.8 Å². The molecule has 0 saturated heterocycles. The third kappa shape index (κ3) is 3.38. The van der Waals surface area contributed by atoms with E-state index in [-0.39, 0.29) is 11.9 Å². The second kappa shape index (κ2) is 5.70. The highest BCUT2D eigenvalue weighted by Crippen LogP contribution is 2.07. The van der Waals surface area contributed by atoms with Crippen LogP contribution in [0.1, 0.15) is 30.6 Å². The molecule has 1 amide bonds. The Morgan fingerprint density at radius 3 is 2.75 bits per heavy atom. The zero-order valence-electron chi connectivity index (χ0n) is 10.1. The van der Waals surface area contributed by atoms with Gasteiger partial charge in [0.1, 0.15) is 6.26 Å². The van der Waals surface area contributed by atoms with Gasteiger partial charge in [-0.25, -0.2) is 0 Å². The minimum absolute atomic E-state index is 0.0234. The molecule has 0 spiro atoms. The number of hydrogen-bond acceptors (Lipinski definition) is 3. The summed E-state index contributed by atoms with van der Waals surface area (Å²) in [6.45, 7) is 4.84. The molecule has 4 nitrogen and oxygen atoms in total. The predicted octanol–water partition coefficient (Wildman–Crippen LogP) is 1.72. The van der Waals surface area contributed by atoms with E-state index in [9.17, 15) is 4.79 Å². The molecule has 1 atom stereocenters. The summed E-state index contributed by atoms with van der Waals surface area (Å²) in [5.74, 6) is 0.419. The molecular weight excluding hydrogens is 204 g/mol. The van der Waals surface area contributed by atoms with Crippen LogP contribution in [-0.4, -0.2) is 30.4 Å². The molecule has 0 radical (unpaired) electrons. The van der Waals surface area contributed by atoms with Crippen molar-refractivity contribution in [2.75, 3.05) is 13.6 Å². The molecule has 0 aliphatic rings. The number of furan rings is 1. The lowest BCUT2D eigenvalue weighted by Gasteiger charge is -2.21. The van der Waals surface area contributed by atoms with Gasteiger partial charge in [-0.1, -0.05) is 13.8 Å². The molecule has 0 unspecified atom stereocenters. The second-order valence-electron chi connectivity index (χ2n) is 4.44. The number of carbonyl (C=O) groups is 1. The molecule has 0 aromatic carbocycles. The van der Waals surface area contributed by atoms with Gasteiger partial charge in [-0.2, -0.15) is 0 Å². The van der Waals surface area contributed by atoms with Crippen molar-refractivity contribution in [1.82, 2.24) is 4.90 Å². The van der Waals surface area contributed by atoms with Gasteiger partial charge < -0.3 is 15.1 Å². The minimum Gasteiger partial charge on any atom is -0.472 e. The molecule has 1 rings (SSSR count). The van der Waals surface area contributed by atoms with Gasteiger partial charge in [0, 0.05) is 19.6 Å². The lowest BCUT2D eigenvalue weighted by molar-refractivity contribution is 0.0788. The first-order valence-corrected chi connectivity index (χ1v) is 5.55. The summed E-state index contributed by atoms with van der Waals surface area (Å²) in [7, 11) is 1.78. The zero-order chi connectivity index (χ0) is 12.1. The van der Waals surface area contributed by atoms with E-state index in [2.05, 4.69) is 13.8 Å². The maximum absolute atomic E-state index is 11.8. The Morgan fingerprint density at radius 1 is 1.56 bits per heavy atom. The molecule has 0 aliphatic heterocycles. The van der Waals surface area contributed by atoms with Crippen molar-refractivity contribution in [2.45, 2.75) is 26.3 Å². The molecule has 0 saturated carbocycles. The smallest absolute Gasteiger partial charge is 0.256 e. The number of carbonyl (C=O) groups excluding carboxylic acids is 1. The standard InChI is InChI=1S/C12H20N2O2/c1-9(2)11(13)4-6-14(3)12(15)10-5-7-16-8-10/h5,7-9,11H,4,6,13H2,1-3H3/t11-/m0/s1. The summed E-state index contributed by atoms with van der Waals surface area (Å²) < 4.78 is 4.88. The molecule has 1 aromatic heterocycles. The number of nitrogens with two attached hydrogens (primary N) is 1. The summed E-state index contributed by atoms with van der Waals surface area (Å²) in [5, 5.41) is 0. The highest BCUT2D eigenvalue weighted by molar-refractivity contribution is 5.93. The van der Waals surface area contributed by atoms with Gasteiger partial charge in [-0.15, -0.1) is 0 Å². The number of hydrogen-bond donors (Lipinski definition) is 1. The third-order valence-electron chi connectivity index (χ3n) is 2.77. The molecule has 4 heteroatoms. The van der Waals surface area contributed by atoms with Gasteiger partial charge in [0.15, 0.2) is 0 Å². The summed E-state index contributed by atoms with van der Waals surface area (Å²) >= 11 is 0. The zero-order valence-corrected chi connectivity index (χ0v) is 10.1. The Kier molecular flexibility index (Phi) is 4.55. The minimum atomic E-state index is -0.0234. The Labute approximate surface area is 96.4 Å². The topological polar surface area (TPSA) is 59.5 Å². The number of nitrogens with zero attached hydrogens (tertiary/aromatic N) is 1.